The molecule has 0 saturated heterocycles. The average Bonchev–Trinajstić information content (AvgIpc) is 1.87. The lowest BCUT2D eigenvalue weighted by Gasteiger charge is -2.11. The molecule has 0 aromatic rings. The van der Waals surface area contributed by atoms with Crippen LogP contribution in [-0.2, 0) is 14.3 Å². The Morgan fingerprint density at radius 3 is 2.18 bits per heavy atom. The fourth-order valence-corrected chi connectivity index (χ4v) is 0.347. The Hall–Kier alpha value is -0.940. The lowest BCUT2D eigenvalue weighted by atomic mass is 10.4. The number of Topliss-reactive ketones (excluding diaryl/α,β-unsaturated/α-hetero) is 1. The summed E-state index contributed by atoms with van der Waals surface area (Å²) in [6.45, 7) is 2.34. The normalized spacial score (nSPS) is 15.5. The number of aliphatic carboxylic acids is 1. The Morgan fingerprint density at radius 1 is 1.45 bits per heavy atom. The average molecular weight is 162 g/mol. The van der Waals surface area contributed by atoms with Crippen LogP contribution in [0.15, 0.2) is 0 Å². The summed E-state index contributed by atoms with van der Waals surface area (Å²) in [6.07, 6.45) is -2.81. The number of aliphatic hydroxyl groups excluding tert-OH is 1. The van der Waals surface area contributed by atoms with Gasteiger partial charge in [-0.05, 0) is 13.8 Å². The van der Waals surface area contributed by atoms with E-state index in [4.69, 9.17) is 10.2 Å². The molecule has 0 aromatic heterocycles. The molecule has 2 unspecified atom stereocenters. The lowest BCUT2D eigenvalue weighted by Crippen LogP contribution is -2.30. The van der Waals surface area contributed by atoms with E-state index in [2.05, 4.69) is 4.74 Å². The van der Waals surface area contributed by atoms with Crippen LogP contribution in [0.5, 0.6) is 0 Å². The Bertz CT molecular complexity index is 146. The molecular formula is C6H10O5. The molecule has 5 nitrogen and oxygen atoms in total. The number of carbonyl (C=O) groups is 2. The van der Waals surface area contributed by atoms with Gasteiger partial charge >= 0.3 is 5.97 Å². The van der Waals surface area contributed by atoms with Gasteiger partial charge in [0.25, 0.3) is 0 Å². The van der Waals surface area contributed by atoms with Gasteiger partial charge in [0, 0.05) is 0 Å². The third kappa shape index (κ3) is 3.69. The molecule has 11 heavy (non-hydrogen) atoms. The molecule has 0 aliphatic rings. The number of ether oxygens (including phenoxy) is 1. The first-order valence-electron chi connectivity index (χ1n) is 3.02. The number of rotatable bonds is 4. The SMILES string of the molecule is CC(=O)C(O)OC(C)C(=O)O. The molecule has 2 atom stereocenters. The van der Waals surface area contributed by atoms with E-state index >= 15 is 0 Å². The van der Waals surface area contributed by atoms with Crippen LogP contribution in [0.4, 0.5) is 0 Å². The maximum absolute atomic E-state index is 10.3. The maximum Gasteiger partial charge on any atom is 0.332 e. The van der Waals surface area contributed by atoms with Gasteiger partial charge in [-0.15, -0.1) is 0 Å². The van der Waals surface area contributed by atoms with Gasteiger partial charge in [0.15, 0.2) is 11.9 Å². The van der Waals surface area contributed by atoms with Gasteiger partial charge in [-0.25, -0.2) is 4.79 Å². The summed E-state index contributed by atoms with van der Waals surface area (Å²) in [6, 6.07) is 0. The first-order valence-corrected chi connectivity index (χ1v) is 3.02. The Kier molecular flexibility index (Phi) is 3.70. The third-order valence-electron chi connectivity index (χ3n) is 1.03. The summed E-state index contributed by atoms with van der Waals surface area (Å²) in [5.41, 5.74) is 0. The molecule has 0 heterocycles. The van der Waals surface area contributed by atoms with Crippen LogP contribution in [0.3, 0.4) is 0 Å². The van der Waals surface area contributed by atoms with E-state index in [0.717, 1.165) is 6.92 Å². The van der Waals surface area contributed by atoms with Crippen molar-refractivity contribution in [2.45, 2.75) is 26.2 Å². The monoisotopic (exact) mass is 162 g/mol. The second-order valence-electron chi connectivity index (χ2n) is 2.08. The Labute approximate surface area is 63.6 Å². The zero-order valence-electron chi connectivity index (χ0n) is 6.27. The Balaban J connectivity index is 3.84. The third-order valence-corrected chi connectivity index (χ3v) is 1.03. The van der Waals surface area contributed by atoms with Crippen molar-refractivity contribution in [1.82, 2.24) is 0 Å². The van der Waals surface area contributed by atoms with Crippen LogP contribution >= 0.6 is 0 Å². The van der Waals surface area contributed by atoms with Crippen molar-refractivity contribution in [2.75, 3.05) is 0 Å². The van der Waals surface area contributed by atoms with E-state index in [-0.39, 0.29) is 0 Å². The van der Waals surface area contributed by atoms with Crippen molar-refractivity contribution in [3.8, 4) is 0 Å². The lowest BCUT2D eigenvalue weighted by molar-refractivity contribution is -0.177. The second kappa shape index (κ2) is 4.05. The molecule has 0 aliphatic heterocycles. The molecule has 0 rings (SSSR count). The van der Waals surface area contributed by atoms with Gasteiger partial charge < -0.3 is 14.9 Å². The molecular weight excluding hydrogens is 152 g/mol. The number of carbonyl (C=O) groups excluding carboxylic acids is 1. The minimum atomic E-state index is -1.64. The zero-order chi connectivity index (χ0) is 9.02. The predicted octanol–water partition coefficient (Wildman–Crippen LogP) is -0.616. The minimum Gasteiger partial charge on any atom is -0.479 e. The molecule has 0 amide bonds. The fourth-order valence-electron chi connectivity index (χ4n) is 0.347. The Morgan fingerprint density at radius 2 is 1.91 bits per heavy atom. The van der Waals surface area contributed by atoms with Gasteiger partial charge in [-0.1, -0.05) is 0 Å². The van der Waals surface area contributed by atoms with Crippen LogP contribution in [0, 0.1) is 0 Å². The largest absolute Gasteiger partial charge is 0.479 e. The molecule has 2 N–H and O–H groups in total. The van der Waals surface area contributed by atoms with Crippen molar-refractivity contribution in [3.63, 3.8) is 0 Å². The molecule has 0 aromatic carbocycles. The second-order valence-corrected chi connectivity index (χ2v) is 2.08. The minimum absolute atomic E-state index is 0.613. The van der Waals surface area contributed by atoms with Crippen LogP contribution in [-0.4, -0.2) is 34.4 Å². The van der Waals surface area contributed by atoms with E-state index in [9.17, 15) is 9.59 Å². The van der Waals surface area contributed by atoms with Crippen molar-refractivity contribution in [2.24, 2.45) is 0 Å². The molecule has 5 heteroatoms. The van der Waals surface area contributed by atoms with Crippen LogP contribution in [0.1, 0.15) is 13.8 Å². The highest BCUT2D eigenvalue weighted by atomic mass is 16.6. The summed E-state index contributed by atoms with van der Waals surface area (Å²) in [7, 11) is 0. The molecule has 0 saturated carbocycles. The van der Waals surface area contributed by atoms with Gasteiger partial charge in [0.1, 0.15) is 0 Å². The maximum atomic E-state index is 10.3. The van der Waals surface area contributed by atoms with Gasteiger partial charge in [0.2, 0.25) is 6.29 Å². The number of hydrogen-bond donors (Lipinski definition) is 2. The van der Waals surface area contributed by atoms with Gasteiger partial charge in [-0.3, -0.25) is 4.79 Å². The summed E-state index contributed by atoms with van der Waals surface area (Å²) >= 11 is 0. The molecule has 0 fully saturated rings. The van der Waals surface area contributed by atoms with Gasteiger partial charge in [0.05, 0.1) is 0 Å². The highest BCUT2D eigenvalue weighted by Crippen LogP contribution is 1.96. The highest BCUT2D eigenvalue weighted by Gasteiger charge is 2.18. The first-order chi connectivity index (χ1) is 4.95. The summed E-state index contributed by atoms with van der Waals surface area (Å²) < 4.78 is 4.38. The first kappa shape index (κ1) is 10.1. The van der Waals surface area contributed by atoms with E-state index in [1.165, 1.54) is 6.92 Å². The quantitative estimate of drug-likeness (QED) is 0.538. The van der Waals surface area contributed by atoms with Crippen molar-refractivity contribution in [3.05, 3.63) is 0 Å². The molecule has 64 valence electrons. The van der Waals surface area contributed by atoms with Crippen LogP contribution in [0.2, 0.25) is 0 Å². The number of aliphatic hydroxyl groups is 1. The topological polar surface area (TPSA) is 83.8 Å². The molecule has 0 radical (unpaired) electrons. The predicted molar refractivity (Wildman–Crippen MR) is 34.9 cm³/mol. The van der Waals surface area contributed by atoms with Gasteiger partial charge in [-0.2, -0.15) is 0 Å². The summed E-state index contributed by atoms with van der Waals surface area (Å²) in [5, 5.41) is 17.0. The smallest absolute Gasteiger partial charge is 0.332 e. The van der Waals surface area contributed by atoms with Crippen molar-refractivity contribution < 1.29 is 24.5 Å². The number of carboxylic acid groups (broad SMARTS) is 1. The number of hydrogen-bond acceptors (Lipinski definition) is 4. The number of ketones is 1. The van der Waals surface area contributed by atoms with E-state index < -0.39 is 24.1 Å². The van der Waals surface area contributed by atoms with E-state index in [1.54, 1.807) is 0 Å². The summed E-state index contributed by atoms with van der Waals surface area (Å²) in [4.78, 5) is 20.4. The molecule has 0 bridgehead atoms. The molecule has 0 aliphatic carbocycles. The standard InChI is InChI=1S/C6H10O5/c1-3(7)6(10)11-4(2)5(8)9/h4,6,10H,1-2H3,(H,8,9). The summed E-state index contributed by atoms with van der Waals surface area (Å²) in [5.74, 6) is -1.83. The van der Waals surface area contributed by atoms with Crippen molar-refractivity contribution >= 4 is 11.8 Å². The molecule has 0 spiro atoms. The van der Waals surface area contributed by atoms with E-state index in [0.29, 0.717) is 0 Å². The van der Waals surface area contributed by atoms with Crippen LogP contribution < -0.4 is 0 Å². The highest BCUT2D eigenvalue weighted by molar-refractivity contribution is 5.79. The number of carboxylic acids is 1. The zero-order valence-corrected chi connectivity index (χ0v) is 6.27. The fraction of sp³-hybridized carbons (Fsp3) is 0.667. The van der Waals surface area contributed by atoms with E-state index in [1.807, 2.05) is 0 Å². The van der Waals surface area contributed by atoms with Crippen molar-refractivity contribution in [1.29, 1.82) is 0 Å². The van der Waals surface area contributed by atoms with Crippen LogP contribution in [0.25, 0.3) is 0 Å².